The monoisotopic (exact) mass is 291 g/mol. The lowest BCUT2D eigenvalue weighted by atomic mass is 10.0. The molecule has 2 rings (SSSR count). The minimum absolute atomic E-state index is 0.737. The van der Waals surface area contributed by atoms with Crippen LogP contribution < -0.4 is 5.73 Å². The fraction of sp³-hybridized carbons (Fsp3) is 0.562. The van der Waals surface area contributed by atoms with E-state index in [1.807, 2.05) is 11.8 Å². The number of rotatable bonds is 5. The SMILES string of the molecule is CC1CCCN(C(N)=NCCCSc2ccccc2)C1. The van der Waals surface area contributed by atoms with E-state index in [2.05, 4.69) is 47.1 Å². The first-order valence-electron chi connectivity index (χ1n) is 7.48. The fourth-order valence-electron chi connectivity index (χ4n) is 2.46. The Hall–Kier alpha value is -1.16. The summed E-state index contributed by atoms with van der Waals surface area (Å²) in [4.78, 5) is 8.08. The van der Waals surface area contributed by atoms with E-state index in [1.165, 1.54) is 17.7 Å². The first kappa shape index (κ1) is 15.2. The number of hydrogen-bond donors (Lipinski definition) is 1. The Balaban J connectivity index is 1.65. The van der Waals surface area contributed by atoms with Gasteiger partial charge in [-0.15, -0.1) is 11.8 Å². The van der Waals surface area contributed by atoms with Gasteiger partial charge in [0.15, 0.2) is 5.96 Å². The molecule has 2 N–H and O–H groups in total. The minimum atomic E-state index is 0.737. The number of aliphatic imine (C=N–C) groups is 1. The molecule has 1 saturated heterocycles. The summed E-state index contributed by atoms with van der Waals surface area (Å²) in [6.45, 7) is 5.25. The van der Waals surface area contributed by atoms with E-state index in [0.29, 0.717) is 0 Å². The maximum absolute atomic E-state index is 6.07. The maximum atomic E-state index is 6.07. The number of thioether (sulfide) groups is 1. The summed E-state index contributed by atoms with van der Waals surface area (Å²) in [5.41, 5.74) is 6.07. The average Bonchev–Trinajstić information content (AvgIpc) is 2.48. The van der Waals surface area contributed by atoms with Crippen LogP contribution in [0, 0.1) is 5.92 Å². The number of likely N-dealkylation sites (tertiary alicyclic amines) is 1. The number of benzene rings is 1. The van der Waals surface area contributed by atoms with Crippen molar-refractivity contribution in [3.05, 3.63) is 30.3 Å². The number of nitrogens with zero attached hydrogens (tertiary/aromatic N) is 2. The number of guanidine groups is 1. The molecule has 3 nitrogen and oxygen atoms in total. The highest BCUT2D eigenvalue weighted by atomic mass is 32.2. The van der Waals surface area contributed by atoms with Crippen LogP contribution in [0.3, 0.4) is 0 Å². The van der Waals surface area contributed by atoms with Crippen molar-refractivity contribution in [1.82, 2.24) is 4.90 Å². The van der Waals surface area contributed by atoms with Gasteiger partial charge in [-0.2, -0.15) is 0 Å². The number of hydrogen-bond acceptors (Lipinski definition) is 2. The van der Waals surface area contributed by atoms with E-state index in [0.717, 1.165) is 43.7 Å². The van der Waals surface area contributed by atoms with Crippen molar-refractivity contribution in [2.75, 3.05) is 25.4 Å². The van der Waals surface area contributed by atoms with Crippen LogP contribution in [0.5, 0.6) is 0 Å². The average molecular weight is 291 g/mol. The van der Waals surface area contributed by atoms with Crippen LogP contribution >= 0.6 is 11.8 Å². The molecule has 20 heavy (non-hydrogen) atoms. The minimum Gasteiger partial charge on any atom is -0.370 e. The Kier molecular flexibility index (Phi) is 6.25. The Bertz CT molecular complexity index is 419. The summed E-state index contributed by atoms with van der Waals surface area (Å²) in [5.74, 6) is 2.57. The molecule has 0 aliphatic carbocycles. The van der Waals surface area contributed by atoms with Crippen LogP contribution in [0.15, 0.2) is 40.2 Å². The predicted molar refractivity (Wildman–Crippen MR) is 88.2 cm³/mol. The summed E-state index contributed by atoms with van der Waals surface area (Å²) < 4.78 is 0. The molecule has 4 heteroatoms. The lowest BCUT2D eigenvalue weighted by Gasteiger charge is -2.31. The Labute approximate surface area is 126 Å². The summed E-state index contributed by atoms with van der Waals surface area (Å²) in [6, 6.07) is 10.5. The molecule has 1 atom stereocenters. The summed E-state index contributed by atoms with van der Waals surface area (Å²) in [6.07, 6.45) is 3.63. The molecular formula is C16H25N3S. The van der Waals surface area contributed by atoms with Crippen molar-refractivity contribution in [2.24, 2.45) is 16.6 Å². The highest BCUT2D eigenvalue weighted by molar-refractivity contribution is 7.99. The quantitative estimate of drug-likeness (QED) is 0.392. The van der Waals surface area contributed by atoms with Crippen LogP contribution in [0.25, 0.3) is 0 Å². The molecular weight excluding hydrogens is 266 g/mol. The van der Waals surface area contributed by atoms with Gasteiger partial charge in [0.1, 0.15) is 0 Å². The Morgan fingerprint density at radius 2 is 2.20 bits per heavy atom. The third-order valence-electron chi connectivity index (χ3n) is 3.57. The van der Waals surface area contributed by atoms with Crippen molar-refractivity contribution in [2.45, 2.75) is 31.1 Å². The predicted octanol–water partition coefficient (Wildman–Crippen LogP) is 3.22. The van der Waals surface area contributed by atoms with Crippen molar-refractivity contribution in [1.29, 1.82) is 0 Å². The van der Waals surface area contributed by atoms with E-state index >= 15 is 0 Å². The normalized spacial score (nSPS) is 20.1. The van der Waals surface area contributed by atoms with Crippen LogP contribution in [0.1, 0.15) is 26.2 Å². The van der Waals surface area contributed by atoms with Gasteiger partial charge in [0.05, 0.1) is 0 Å². The summed E-state index contributed by atoms with van der Waals surface area (Å²) in [7, 11) is 0. The van der Waals surface area contributed by atoms with E-state index in [1.54, 1.807) is 0 Å². The highest BCUT2D eigenvalue weighted by Crippen LogP contribution is 2.18. The molecule has 1 aliphatic rings. The molecule has 1 fully saturated rings. The van der Waals surface area contributed by atoms with Gasteiger partial charge in [0.25, 0.3) is 0 Å². The molecule has 1 heterocycles. The molecule has 0 spiro atoms. The molecule has 110 valence electrons. The van der Waals surface area contributed by atoms with E-state index in [4.69, 9.17) is 5.73 Å². The maximum Gasteiger partial charge on any atom is 0.191 e. The molecule has 0 amide bonds. The third-order valence-corrected chi connectivity index (χ3v) is 4.67. The second kappa shape index (κ2) is 8.20. The lowest BCUT2D eigenvalue weighted by molar-refractivity contribution is 0.270. The molecule has 1 unspecified atom stereocenters. The highest BCUT2D eigenvalue weighted by Gasteiger charge is 2.17. The topological polar surface area (TPSA) is 41.6 Å². The van der Waals surface area contributed by atoms with Crippen LogP contribution in [0.4, 0.5) is 0 Å². The smallest absolute Gasteiger partial charge is 0.191 e. The number of nitrogens with two attached hydrogens (primary N) is 1. The first-order chi connectivity index (χ1) is 9.75. The van der Waals surface area contributed by atoms with Crippen molar-refractivity contribution < 1.29 is 0 Å². The number of piperidine rings is 1. The first-order valence-corrected chi connectivity index (χ1v) is 8.47. The second-order valence-electron chi connectivity index (χ2n) is 5.45. The zero-order valence-corrected chi connectivity index (χ0v) is 13.1. The standard InChI is InChI=1S/C16H25N3S/c1-14-7-5-11-19(13-14)16(17)18-10-6-12-20-15-8-3-2-4-9-15/h2-4,8-9,14H,5-7,10-13H2,1H3,(H2,17,18). The van der Waals surface area contributed by atoms with E-state index < -0.39 is 0 Å². The van der Waals surface area contributed by atoms with Gasteiger partial charge in [-0.1, -0.05) is 25.1 Å². The van der Waals surface area contributed by atoms with Gasteiger partial charge in [-0.25, -0.2) is 0 Å². The van der Waals surface area contributed by atoms with Gasteiger partial charge in [-0.05, 0) is 43.1 Å². The van der Waals surface area contributed by atoms with Crippen LogP contribution in [-0.2, 0) is 0 Å². The van der Waals surface area contributed by atoms with E-state index in [9.17, 15) is 0 Å². The Morgan fingerprint density at radius 1 is 1.40 bits per heavy atom. The van der Waals surface area contributed by atoms with Gasteiger partial charge in [0, 0.05) is 24.5 Å². The molecule has 0 saturated carbocycles. The molecule has 1 aromatic rings. The molecule has 1 aliphatic heterocycles. The van der Waals surface area contributed by atoms with E-state index in [-0.39, 0.29) is 0 Å². The molecule has 0 radical (unpaired) electrons. The van der Waals surface area contributed by atoms with Gasteiger partial charge in [0.2, 0.25) is 0 Å². The molecule has 0 bridgehead atoms. The third kappa shape index (κ3) is 5.08. The summed E-state index contributed by atoms with van der Waals surface area (Å²) in [5, 5.41) is 0. The summed E-state index contributed by atoms with van der Waals surface area (Å²) >= 11 is 1.88. The van der Waals surface area contributed by atoms with Gasteiger partial charge < -0.3 is 10.6 Å². The fourth-order valence-corrected chi connectivity index (χ4v) is 3.32. The van der Waals surface area contributed by atoms with Gasteiger partial charge in [-0.3, -0.25) is 4.99 Å². The van der Waals surface area contributed by atoms with Crippen molar-refractivity contribution >= 4 is 17.7 Å². The van der Waals surface area contributed by atoms with Crippen molar-refractivity contribution in [3.63, 3.8) is 0 Å². The Morgan fingerprint density at radius 3 is 2.95 bits per heavy atom. The largest absolute Gasteiger partial charge is 0.370 e. The van der Waals surface area contributed by atoms with Crippen molar-refractivity contribution in [3.8, 4) is 0 Å². The zero-order valence-electron chi connectivity index (χ0n) is 12.3. The van der Waals surface area contributed by atoms with Gasteiger partial charge >= 0.3 is 0 Å². The van der Waals surface area contributed by atoms with Crippen LogP contribution in [0.2, 0.25) is 0 Å². The van der Waals surface area contributed by atoms with Crippen LogP contribution in [-0.4, -0.2) is 36.2 Å². The molecule has 1 aromatic carbocycles. The second-order valence-corrected chi connectivity index (χ2v) is 6.62. The lowest BCUT2D eigenvalue weighted by Crippen LogP contribution is -2.43. The zero-order chi connectivity index (χ0) is 14.2. The molecule has 0 aromatic heterocycles.